The second-order valence-corrected chi connectivity index (χ2v) is 6.26. The Morgan fingerprint density at radius 3 is 2.86 bits per heavy atom. The number of carbonyl (C=O) groups is 1. The molecule has 1 unspecified atom stereocenters. The predicted octanol–water partition coefficient (Wildman–Crippen LogP) is 3.10. The number of ether oxygens (including phenoxy) is 1. The van der Waals surface area contributed by atoms with E-state index in [0.29, 0.717) is 21.5 Å². The van der Waals surface area contributed by atoms with Gasteiger partial charge in [0.15, 0.2) is 6.20 Å². The summed E-state index contributed by atoms with van der Waals surface area (Å²) in [4.78, 5) is 12.3. The van der Waals surface area contributed by atoms with Crippen LogP contribution in [0.25, 0.3) is 0 Å². The quantitative estimate of drug-likeness (QED) is 0.517. The molecule has 0 spiro atoms. The number of carbonyl (C=O) groups excluding carboxylic acids is 1. The fraction of sp³-hybridized carbons (Fsp3) is 0.200. The van der Waals surface area contributed by atoms with E-state index in [4.69, 9.17) is 16.3 Å². The van der Waals surface area contributed by atoms with Crippen molar-refractivity contribution in [3.05, 3.63) is 52.8 Å². The Balaban J connectivity index is 2.09. The lowest BCUT2D eigenvalue weighted by molar-refractivity contribution is -0.645. The molecule has 2 rings (SSSR count). The molecule has 1 aromatic carbocycles. The highest BCUT2D eigenvalue weighted by Gasteiger charge is 2.20. The third kappa shape index (κ3) is 4.05. The summed E-state index contributed by atoms with van der Waals surface area (Å²) in [5.41, 5.74) is 0.496. The molecule has 7 heteroatoms. The molecule has 5 nitrogen and oxygen atoms in total. The maximum atomic E-state index is 12.3. The van der Waals surface area contributed by atoms with Crippen LogP contribution in [0.3, 0.4) is 0 Å². The van der Waals surface area contributed by atoms with Crippen LogP contribution in [0.15, 0.2) is 47.6 Å². The minimum absolute atomic E-state index is 0.241. The van der Waals surface area contributed by atoms with Crippen LogP contribution in [-0.4, -0.2) is 18.3 Å². The molecule has 0 fully saturated rings. The van der Waals surface area contributed by atoms with Gasteiger partial charge >= 0.3 is 0 Å². The molecule has 2 aromatic rings. The van der Waals surface area contributed by atoms with E-state index in [0.717, 1.165) is 4.73 Å². The first-order valence-electron chi connectivity index (χ1n) is 6.50. The van der Waals surface area contributed by atoms with E-state index in [1.165, 1.54) is 25.1 Å². The molecular weight excluding hydrogens is 324 g/mol. The van der Waals surface area contributed by atoms with E-state index in [2.05, 4.69) is 5.32 Å². The molecule has 1 heterocycles. The third-order valence-corrected chi connectivity index (χ3v) is 4.23. The SMILES string of the molecule is COc1ccc(Cl)cc1NC(=O)C(C)Sc1cccc[n+]1[O-]. The maximum Gasteiger partial charge on any atom is 0.252 e. The number of rotatable bonds is 5. The summed E-state index contributed by atoms with van der Waals surface area (Å²) in [5.74, 6) is 0.281. The summed E-state index contributed by atoms with van der Waals surface area (Å²) < 4.78 is 5.91. The summed E-state index contributed by atoms with van der Waals surface area (Å²) in [7, 11) is 1.52. The lowest BCUT2D eigenvalue weighted by Gasteiger charge is -2.14. The molecule has 0 aliphatic carbocycles. The minimum Gasteiger partial charge on any atom is -0.618 e. The topological polar surface area (TPSA) is 65.3 Å². The smallest absolute Gasteiger partial charge is 0.252 e. The standard InChI is InChI=1S/C15H15ClN2O3S/c1-10(22-14-5-3-4-8-18(14)20)15(19)17-12-9-11(16)6-7-13(12)21-2/h3-10H,1-2H3,(H,17,19). The van der Waals surface area contributed by atoms with Crippen molar-refractivity contribution in [3.8, 4) is 5.75 Å². The lowest BCUT2D eigenvalue weighted by atomic mass is 10.3. The zero-order valence-electron chi connectivity index (χ0n) is 12.1. The van der Waals surface area contributed by atoms with Crippen molar-refractivity contribution in [2.75, 3.05) is 12.4 Å². The highest BCUT2D eigenvalue weighted by atomic mass is 35.5. The first-order valence-corrected chi connectivity index (χ1v) is 7.76. The zero-order chi connectivity index (χ0) is 16.1. The summed E-state index contributed by atoms with van der Waals surface area (Å²) in [6, 6.07) is 10.0. The van der Waals surface area contributed by atoms with Crippen LogP contribution in [0.4, 0.5) is 5.69 Å². The third-order valence-electron chi connectivity index (χ3n) is 2.87. The summed E-state index contributed by atoms with van der Waals surface area (Å²) >= 11 is 7.11. The van der Waals surface area contributed by atoms with Crippen LogP contribution in [0.2, 0.25) is 5.02 Å². The summed E-state index contributed by atoms with van der Waals surface area (Å²) in [6.45, 7) is 1.73. The lowest BCUT2D eigenvalue weighted by Crippen LogP contribution is -2.30. The predicted molar refractivity (Wildman–Crippen MR) is 87.4 cm³/mol. The molecule has 0 aliphatic heterocycles. The second-order valence-electron chi connectivity index (χ2n) is 4.46. The van der Waals surface area contributed by atoms with Crippen molar-refractivity contribution in [1.82, 2.24) is 0 Å². The number of hydrogen-bond acceptors (Lipinski definition) is 4. The van der Waals surface area contributed by atoms with Crippen molar-refractivity contribution in [2.45, 2.75) is 17.2 Å². The van der Waals surface area contributed by atoms with Crippen LogP contribution in [0.1, 0.15) is 6.92 Å². The minimum atomic E-state index is -0.453. The number of methoxy groups -OCH3 is 1. The number of hydrogen-bond donors (Lipinski definition) is 1. The molecule has 0 saturated heterocycles. The first-order chi connectivity index (χ1) is 10.5. The number of nitrogens with zero attached hydrogens (tertiary/aromatic N) is 1. The molecule has 0 aliphatic rings. The van der Waals surface area contributed by atoms with Gasteiger partial charge in [0, 0.05) is 17.2 Å². The molecule has 0 radical (unpaired) electrons. The second kappa shape index (κ2) is 7.38. The maximum absolute atomic E-state index is 12.3. The van der Waals surface area contributed by atoms with Gasteiger partial charge in [0.05, 0.1) is 18.0 Å². The van der Waals surface area contributed by atoms with Crippen molar-refractivity contribution < 1.29 is 14.3 Å². The monoisotopic (exact) mass is 338 g/mol. The Hall–Kier alpha value is -1.92. The number of benzene rings is 1. The van der Waals surface area contributed by atoms with Crippen molar-refractivity contribution in [1.29, 1.82) is 0 Å². The van der Waals surface area contributed by atoms with E-state index in [1.54, 1.807) is 43.3 Å². The Labute approximate surface area is 137 Å². The van der Waals surface area contributed by atoms with Gasteiger partial charge in [-0.05, 0) is 43.0 Å². The van der Waals surface area contributed by atoms with Gasteiger partial charge in [-0.25, -0.2) is 0 Å². The number of thioether (sulfide) groups is 1. The Bertz CT molecular complexity index is 682. The number of pyridine rings is 1. The highest BCUT2D eigenvalue weighted by Crippen LogP contribution is 2.29. The van der Waals surface area contributed by atoms with E-state index in [1.807, 2.05) is 0 Å². The van der Waals surface area contributed by atoms with Gasteiger partial charge in [0.1, 0.15) is 5.75 Å². The molecule has 0 saturated carbocycles. The largest absolute Gasteiger partial charge is 0.618 e. The average Bonchev–Trinajstić information content (AvgIpc) is 2.49. The van der Waals surface area contributed by atoms with Gasteiger partial charge < -0.3 is 15.3 Å². The molecular formula is C15H15ClN2O3S. The van der Waals surface area contributed by atoms with Gasteiger partial charge in [-0.15, -0.1) is 0 Å². The Morgan fingerprint density at radius 1 is 1.41 bits per heavy atom. The highest BCUT2D eigenvalue weighted by molar-refractivity contribution is 8.00. The summed E-state index contributed by atoms with van der Waals surface area (Å²) in [6.07, 6.45) is 1.40. The number of amides is 1. The zero-order valence-corrected chi connectivity index (χ0v) is 13.6. The Kier molecular flexibility index (Phi) is 5.51. The molecule has 116 valence electrons. The molecule has 22 heavy (non-hydrogen) atoms. The Morgan fingerprint density at radius 2 is 2.18 bits per heavy atom. The fourth-order valence-corrected chi connectivity index (χ4v) is 2.77. The normalized spacial score (nSPS) is 11.8. The van der Waals surface area contributed by atoms with Crippen molar-refractivity contribution in [3.63, 3.8) is 0 Å². The van der Waals surface area contributed by atoms with Crippen molar-refractivity contribution in [2.24, 2.45) is 0 Å². The van der Waals surface area contributed by atoms with E-state index < -0.39 is 5.25 Å². The first kappa shape index (κ1) is 16.5. The van der Waals surface area contributed by atoms with Crippen LogP contribution in [0, 0.1) is 5.21 Å². The number of halogens is 1. The van der Waals surface area contributed by atoms with E-state index >= 15 is 0 Å². The van der Waals surface area contributed by atoms with E-state index in [9.17, 15) is 10.0 Å². The fourth-order valence-electron chi connectivity index (χ4n) is 1.75. The molecule has 1 aromatic heterocycles. The molecule has 1 N–H and O–H groups in total. The van der Waals surface area contributed by atoms with Gasteiger partial charge in [-0.2, -0.15) is 4.73 Å². The average molecular weight is 339 g/mol. The van der Waals surface area contributed by atoms with Crippen LogP contribution >= 0.6 is 23.4 Å². The summed E-state index contributed by atoms with van der Waals surface area (Å²) in [5, 5.41) is 14.9. The molecule has 0 bridgehead atoms. The number of nitrogens with one attached hydrogen (secondary N) is 1. The molecule has 1 atom stereocenters. The molecule has 1 amide bonds. The van der Waals surface area contributed by atoms with E-state index in [-0.39, 0.29) is 5.91 Å². The number of aromatic nitrogens is 1. The van der Waals surface area contributed by atoms with Crippen LogP contribution < -0.4 is 14.8 Å². The van der Waals surface area contributed by atoms with Gasteiger partial charge in [-0.1, -0.05) is 11.6 Å². The van der Waals surface area contributed by atoms with Gasteiger partial charge in [0.2, 0.25) is 5.91 Å². The van der Waals surface area contributed by atoms with Gasteiger partial charge in [-0.3, -0.25) is 4.79 Å². The van der Waals surface area contributed by atoms with Crippen LogP contribution in [0.5, 0.6) is 5.75 Å². The van der Waals surface area contributed by atoms with Gasteiger partial charge in [0.25, 0.3) is 5.03 Å². The number of anilines is 1. The van der Waals surface area contributed by atoms with Crippen molar-refractivity contribution >= 4 is 35.0 Å². The van der Waals surface area contributed by atoms with Crippen LogP contribution in [-0.2, 0) is 4.79 Å².